The van der Waals surface area contributed by atoms with Crippen molar-refractivity contribution in [3.8, 4) is 0 Å². The summed E-state index contributed by atoms with van der Waals surface area (Å²) in [5, 5.41) is 11.6. The number of carboxylic acid groups (broad SMARTS) is 1. The molecule has 0 aliphatic carbocycles. The van der Waals surface area contributed by atoms with Gasteiger partial charge in [0.1, 0.15) is 0 Å². The normalized spacial score (nSPS) is 12.1. The van der Waals surface area contributed by atoms with Crippen molar-refractivity contribution in [2.45, 2.75) is 20.1 Å². The molecule has 82 valence electrons. The molecule has 0 saturated carbocycles. The number of nitrogens with one attached hydrogen (secondary N) is 1. The quantitative estimate of drug-likeness (QED) is 0.727. The van der Waals surface area contributed by atoms with Crippen LogP contribution in [0, 0.1) is 6.92 Å². The highest BCUT2D eigenvalue weighted by Crippen LogP contribution is 2.11. The van der Waals surface area contributed by atoms with Crippen LogP contribution in [-0.2, 0) is 9.53 Å². The monoisotopic (exact) mass is 209 g/mol. The summed E-state index contributed by atoms with van der Waals surface area (Å²) in [4.78, 5) is 10.8. The summed E-state index contributed by atoms with van der Waals surface area (Å²) in [5.74, 6) is -1.02. The molecule has 0 saturated heterocycles. The number of carboxylic acids is 1. The average molecular weight is 209 g/mol. The SMILES string of the molecule is CCOC(Nc1cccc(C)c1)C(=O)O. The van der Waals surface area contributed by atoms with E-state index in [9.17, 15) is 4.79 Å². The molecular weight excluding hydrogens is 194 g/mol. The van der Waals surface area contributed by atoms with Crippen LogP contribution in [0.3, 0.4) is 0 Å². The summed E-state index contributed by atoms with van der Waals surface area (Å²) >= 11 is 0. The van der Waals surface area contributed by atoms with E-state index in [-0.39, 0.29) is 0 Å². The molecule has 1 unspecified atom stereocenters. The van der Waals surface area contributed by atoms with Gasteiger partial charge in [0.25, 0.3) is 0 Å². The summed E-state index contributed by atoms with van der Waals surface area (Å²) in [6.45, 7) is 4.06. The van der Waals surface area contributed by atoms with Gasteiger partial charge in [-0.1, -0.05) is 12.1 Å². The van der Waals surface area contributed by atoms with Gasteiger partial charge in [-0.3, -0.25) is 0 Å². The molecule has 4 heteroatoms. The maximum absolute atomic E-state index is 10.8. The predicted molar refractivity (Wildman–Crippen MR) is 57.9 cm³/mol. The Morgan fingerprint density at radius 3 is 2.87 bits per heavy atom. The Hall–Kier alpha value is -1.55. The summed E-state index contributed by atoms with van der Waals surface area (Å²) in [5.41, 5.74) is 1.82. The van der Waals surface area contributed by atoms with Crippen molar-refractivity contribution in [2.75, 3.05) is 11.9 Å². The van der Waals surface area contributed by atoms with Crippen LogP contribution >= 0.6 is 0 Å². The third-order valence-electron chi connectivity index (χ3n) is 1.87. The number of hydrogen-bond donors (Lipinski definition) is 2. The molecule has 1 aromatic rings. The number of rotatable bonds is 5. The summed E-state index contributed by atoms with van der Waals surface area (Å²) in [7, 11) is 0. The number of benzene rings is 1. The number of carbonyl (C=O) groups is 1. The molecule has 0 bridgehead atoms. The molecule has 2 N–H and O–H groups in total. The minimum absolute atomic E-state index is 0.357. The maximum atomic E-state index is 10.8. The number of aliphatic carboxylic acids is 1. The Morgan fingerprint density at radius 2 is 2.33 bits per heavy atom. The van der Waals surface area contributed by atoms with Crippen LogP contribution in [0.25, 0.3) is 0 Å². The van der Waals surface area contributed by atoms with E-state index in [0.717, 1.165) is 11.3 Å². The fraction of sp³-hybridized carbons (Fsp3) is 0.364. The van der Waals surface area contributed by atoms with Crippen molar-refractivity contribution in [3.05, 3.63) is 29.8 Å². The Bertz CT molecular complexity index is 338. The highest BCUT2D eigenvalue weighted by molar-refractivity contribution is 5.75. The summed E-state index contributed by atoms with van der Waals surface area (Å²) in [6, 6.07) is 7.49. The van der Waals surface area contributed by atoms with Gasteiger partial charge in [0.05, 0.1) is 0 Å². The molecule has 0 spiro atoms. The molecule has 1 atom stereocenters. The van der Waals surface area contributed by atoms with Crippen LogP contribution in [0.1, 0.15) is 12.5 Å². The first-order valence-corrected chi connectivity index (χ1v) is 4.81. The van der Waals surface area contributed by atoms with E-state index in [2.05, 4.69) is 5.32 Å². The first kappa shape index (κ1) is 11.5. The zero-order valence-electron chi connectivity index (χ0n) is 8.86. The second kappa shape index (κ2) is 5.36. The Labute approximate surface area is 88.9 Å². The van der Waals surface area contributed by atoms with Crippen LogP contribution in [0.4, 0.5) is 5.69 Å². The molecule has 4 nitrogen and oxygen atoms in total. The fourth-order valence-electron chi connectivity index (χ4n) is 1.23. The second-order valence-electron chi connectivity index (χ2n) is 3.19. The molecule has 1 aromatic carbocycles. The van der Waals surface area contributed by atoms with Gasteiger partial charge in [0, 0.05) is 12.3 Å². The minimum Gasteiger partial charge on any atom is -0.478 e. The van der Waals surface area contributed by atoms with Crippen LogP contribution in [-0.4, -0.2) is 23.9 Å². The topological polar surface area (TPSA) is 58.6 Å². The summed E-state index contributed by atoms with van der Waals surface area (Å²) in [6.07, 6.45) is -0.989. The molecule has 0 aromatic heterocycles. The minimum atomic E-state index is -1.02. The van der Waals surface area contributed by atoms with E-state index in [1.807, 2.05) is 31.2 Å². The third kappa shape index (κ3) is 3.59. The molecule has 0 aliphatic rings. The molecular formula is C11H15NO3. The van der Waals surface area contributed by atoms with Crippen LogP contribution in [0.15, 0.2) is 24.3 Å². The first-order chi connectivity index (χ1) is 7.13. The van der Waals surface area contributed by atoms with Crippen molar-refractivity contribution < 1.29 is 14.6 Å². The lowest BCUT2D eigenvalue weighted by molar-refractivity contribution is -0.148. The van der Waals surface area contributed by atoms with Crippen LogP contribution < -0.4 is 5.32 Å². The fourth-order valence-corrected chi connectivity index (χ4v) is 1.23. The molecule has 1 rings (SSSR count). The summed E-state index contributed by atoms with van der Waals surface area (Å²) < 4.78 is 5.04. The zero-order valence-corrected chi connectivity index (χ0v) is 8.86. The van der Waals surface area contributed by atoms with E-state index in [1.165, 1.54) is 0 Å². The van der Waals surface area contributed by atoms with Crippen LogP contribution in [0.5, 0.6) is 0 Å². The molecule has 0 heterocycles. The molecule has 0 radical (unpaired) electrons. The van der Waals surface area contributed by atoms with E-state index < -0.39 is 12.2 Å². The van der Waals surface area contributed by atoms with Gasteiger partial charge < -0.3 is 15.2 Å². The molecule has 0 fully saturated rings. The van der Waals surface area contributed by atoms with E-state index in [0.29, 0.717) is 6.61 Å². The number of anilines is 1. The lowest BCUT2D eigenvalue weighted by Gasteiger charge is -2.15. The van der Waals surface area contributed by atoms with Gasteiger partial charge in [-0.15, -0.1) is 0 Å². The largest absolute Gasteiger partial charge is 0.478 e. The Kier molecular flexibility index (Phi) is 4.12. The smallest absolute Gasteiger partial charge is 0.353 e. The van der Waals surface area contributed by atoms with Crippen molar-refractivity contribution in [1.29, 1.82) is 0 Å². The average Bonchev–Trinajstić information content (AvgIpc) is 2.17. The highest BCUT2D eigenvalue weighted by Gasteiger charge is 2.16. The second-order valence-corrected chi connectivity index (χ2v) is 3.19. The van der Waals surface area contributed by atoms with E-state index in [4.69, 9.17) is 9.84 Å². The standard InChI is InChI=1S/C11H15NO3/c1-3-15-10(11(13)14)12-9-6-4-5-8(2)7-9/h4-7,10,12H,3H2,1-2H3,(H,13,14). The van der Waals surface area contributed by atoms with E-state index in [1.54, 1.807) is 6.92 Å². The number of hydrogen-bond acceptors (Lipinski definition) is 3. The number of aryl methyl sites for hydroxylation is 1. The van der Waals surface area contributed by atoms with E-state index >= 15 is 0 Å². The molecule has 15 heavy (non-hydrogen) atoms. The van der Waals surface area contributed by atoms with Crippen molar-refractivity contribution >= 4 is 11.7 Å². The van der Waals surface area contributed by atoms with Crippen LogP contribution in [0.2, 0.25) is 0 Å². The first-order valence-electron chi connectivity index (χ1n) is 4.81. The van der Waals surface area contributed by atoms with Gasteiger partial charge in [0.2, 0.25) is 6.23 Å². The maximum Gasteiger partial charge on any atom is 0.353 e. The Morgan fingerprint density at radius 1 is 1.60 bits per heavy atom. The van der Waals surface area contributed by atoms with Gasteiger partial charge in [-0.25, -0.2) is 4.79 Å². The predicted octanol–water partition coefficient (Wildman–Crippen LogP) is 1.85. The zero-order chi connectivity index (χ0) is 11.3. The number of ether oxygens (including phenoxy) is 1. The lowest BCUT2D eigenvalue weighted by Crippen LogP contribution is -2.32. The third-order valence-corrected chi connectivity index (χ3v) is 1.87. The Balaban J connectivity index is 2.69. The van der Waals surface area contributed by atoms with Gasteiger partial charge >= 0.3 is 5.97 Å². The van der Waals surface area contributed by atoms with Gasteiger partial charge in [-0.2, -0.15) is 0 Å². The highest BCUT2D eigenvalue weighted by atomic mass is 16.5. The lowest BCUT2D eigenvalue weighted by atomic mass is 10.2. The van der Waals surface area contributed by atoms with Gasteiger partial charge in [0.15, 0.2) is 0 Å². The van der Waals surface area contributed by atoms with Gasteiger partial charge in [-0.05, 0) is 31.5 Å². The van der Waals surface area contributed by atoms with Crippen molar-refractivity contribution in [3.63, 3.8) is 0 Å². The molecule has 0 aliphatic heterocycles. The van der Waals surface area contributed by atoms with Crippen molar-refractivity contribution in [1.82, 2.24) is 0 Å². The van der Waals surface area contributed by atoms with Crippen molar-refractivity contribution in [2.24, 2.45) is 0 Å². The molecule has 0 amide bonds.